The van der Waals surface area contributed by atoms with E-state index >= 15 is 0 Å². The number of carbonyl (C=O) groups excluding carboxylic acids is 1. The fourth-order valence-corrected chi connectivity index (χ4v) is 2.66. The van der Waals surface area contributed by atoms with Crippen molar-refractivity contribution < 1.29 is 13.6 Å². The van der Waals surface area contributed by atoms with Gasteiger partial charge in [0.05, 0.1) is 11.4 Å². The third-order valence-electron chi connectivity index (χ3n) is 3.96. The Labute approximate surface area is 166 Å². The summed E-state index contributed by atoms with van der Waals surface area (Å²) in [5.41, 5.74) is 2.18. The summed E-state index contributed by atoms with van der Waals surface area (Å²) in [7, 11) is 0. The molecule has 0 aliphatic heterocycles. The molecule has 3 aromatic heterocycles. The van der Waals surface area contributed by atoms with Crippen LogP contribution in [-0.2, 0) is 17.3 Å². The minimum absolute atomic E-state index is 0.199. The van der Waals surface area contributed by atoms with E-state index in [0.29, 0.717) is 35.0 Å². The molecule has 0 fully saturated rings. The SMILES string of the molecule is CCn1ccc(-c2cnc(NC(C)=O)cc2Nc2cc(C)nc(C(C)(F)F)n2)n1. The molecule has 3 heterocycles. The first-order chi connectivity index (χ1) is 13.7. The summed E-state index contributed by atoms with van der Waals surface area (Å²) < 4.78 is 29.2. The minimum Gasteiger partial charge on any atom is -0.339 e. The van der Waals surface area contributed by atoms with Crippen molar-refractivity contribution in [2.45, 2.75) is 40.2 Å². The third-order valence-corrected chi connectivity index (χ3v) is 3.96. The number of carbonyl (C=O) groups is 1. The number of alkyl halides is 2. The second kappa shape index (κ2) is 7.90. The Morgan fingerprint density at radius 1 is 1.24 bits per heavy atom. The number of hydrogen-bond acceptors (Lipinski definition) is 6. The summed E-state index contributed by atoms with van der Waals surface area (Å²) in [4.78, 5) is 23.4. The van der Waals surface area contributed by atoms with Crippen LogP contribution in [0.1, 0.15) is 32.3 Å². The summed E-state index contributed by atoms with van der Waals surface area (Å²) >= 11 is 0. The molecule has 3 aromatic rings. The number of anilines is 3. The average molecular weight is 401 g/mol. The monoisotopic (exact) mass is 401 g/mol. The van der Waals surface area contributed by atoms with Crippen LogP contribution in [0.3, 0.4) is 0 Å². The van der Waals surface area contributed by atoms with Crippen LogP contribution in [0.25, 0.3) is 11.3 Å². The largest absolute Gasteiger partial charge is 0.339 e. The lowest BCUT2D eigenvalue weighted by Gasteiger charge is -2.15. The quantitative estimate of drug-likeness (QED) is 0.651. The van der Waals surface area contributed by atoms with E-state index in [1.165, 1.54) is 6.92 Å². The lowest BCUT2D eigenvalue weighted by atomic mass is 10.1. The molecule has 29 heavy (non-hydrogen) atoms. The first kappa shape index (κ1) is 20.3. The highest BCUT2D eigenvalue weighted by atomic mass is 19.3. The molecule has 0 aromatic carbocycles. The standard InChI is InChI=1S/C19H21F2N7O/c1-5-28-7-6-14(27-28)13-10-22-16(24-12(3)29)9-15(13)25-17-8-11(2)23-18(26-17)19(4,20)21/h6-10H,5H2,1-4H3,(H2,22,23,24,25,26,29). The number of hydrogen-bond donors (Lipinski definition) is 2. The molecular formula is C19H21F2N7O. The smallest absolute Gasteiger partial charge is 0.303 e. The van der Waals surface area contributed by atoms with E-state index in [2.05, 4.69) is 30.7 Å². The summed E-state index contributed by atoms with van der Waals surface area (Å²) in [5.74, 6) is -3.52. The van der Waals surface area contributed by atoms with Gasteiger partial charge in [0.25, 0.3) is 0 Å². The van der Waals surface area contributed by atoms with Crippen molar-refractivity contribution >= 4 is 23.2 Å². The molecule has 2 N–H and O–H groups in total. The van der Waals surface area contributed by atoms with Crippen LogP contribution in [0.4, 0.5) is 26.1 Å². The summed E-state index contributed by atoms with van der Waals surface area (Å²) in [6.45, 7) is 6.39. The fraction of sp³-hybridized carbons (Fsp3) is 0.316. The van der Waals surface area contributed by atoms with Gasteiger partial charge in [-0.1, -0.05) is 0 Å². The highest BCUT2D eigenvalue weighted by Gasteiger charge is 2.29. The number of rotatable bonds is 6. The molecule has 0 radical (unpaired) electrons. The molecule has 3 rings (SSSR count). The Balaban J connectivity index is 2.06. The van der Waals surface area contributed by atoms with Crippen molar-refractivity contribution in [1.82, 2.24) is 24.7 Å². The van der Waals surface area contributed by atoms with Gasteiger partial charge in [-0.2, -0.15) is 13.9 Å². The number of halogens is 2. The fourth-order valence-electron chi connectivity index (χ4n) is 2.66. The van der Waals surface area contributed by atoms with Crippen molar-refractivity contribution in [2.75, 3.05) is 10.6 Å². The van der Waals surface area contributed by atoms with Gasteiger partial charge < -0.3 is 10.6 Å². The molecule has 0 saturated heterocycles. The number of pyridine rings is 1. The first-order valence-corrected chi connectivity index (χ1v) is 8.98. The van der Waals surface area contributed by atoms with Gasteiger partial charge in [-0.3, -0.25) is 9.48 Å². The molecule has 0 unspecified atom stereocenters. The molecule has 152 valence electrons. The molecule has 0 bridgehead atoms. The van der Waals surface area contributed by atoms with Gasteiger partial charge in [0, 0.05) is 56.2 Å². The topological polar surface area (TPSA) is 97.6 Å². The van der Waals surface area contributed by atoms with Gasteiger partial charge in [-0.25, -0.2) is 15.0 Å². The highest BCUT2D eigenvalue weighted by Crippen LogP contribution is 2.31. The average Bonchev–Trinajstić information content (AvgIpc) is 3.09. The Morgan fingerprint density at radius 2 is 2.00 bits per heavy atom. The summed E-state index contributed by atoms with van der Waals surface area (Å²) in [6, 6.07) is 4.98. The number of nitrogens with one attached hydrogen (secondary N) is 2. The molecule has 0 aliphatic rings. The molecule has 0 aliphatic carbocycles. The number of nitrogens with zero attached hydrogens (tertiary/aromatic N) is 5. The third kappa shape index (κ3) is 4.89. The van der Waals surface area contributed by atoms with Crippen LogP contribution < -0.4 is 10.6 Å². The second-order valence-corrected chi connectivity index (χ2v) is 6.58. The summed E-state index contributed by atoms with van der Waals surface area (Å²) in [6.07, 6.45) is 3.38. The Kier molecular flexibility index (Phi) is 5.53. The van der Waals surface area contributed by atoms with E-state index in [0.717, 1.165) is 6.92 Å². The van der Waals surface area contributed by atoms with Gasteiger partial charge >= 0.3 is 5.92 Å². The first-order valence-electron chi connectivity index (χ1n) is 8.98. The number of aromatic nitrogens is 5. The van der Waals surface area contributed by atoms with E-state index in [4.69, 9.17) is 0 Å². The van der Waals surface area contributed by atoms with Crippen LogP contribution in [0, 0.1) is 6.92 Å². The maximum absolute atomic E-state index is 13.7. The Hall–Kier alpha value is -3.43. The molecule has 0 saturated carbocycles. The van der Waals surface area contributed by atoms with Gasteiger partial charge in [0.15, 0.2) is 0 Å². The predicted octanol–water partition coefficient (Wildman–Crippen LogP) is 3.88. The van der Waals surface area contributed by atoms with E-state index in [-0.39, 0.29) is 11.7 Å². The van der Waals surface area contributed by atoms with Gasteiger partial charge in [-0.05, 0) is 19.9 Å². The van der Waals surface area contributed by atoms with Crippen LogP contribution in [0.2, 0.25) is 0 Å². The van der Waals surface area contributed by atoms with Gasteiger partial charge in [-0.15, -0.1) is 0 Å². The lowest BCUT2D eigenvalue weighted by molar-refractivity contribution is -0.114. The number of amides is 1. The Morgan fingerprint density at radius 3 is 2.62 bits per heavy atom. The zero-order chi connectivity index (χ0) is 21.2. The van der Waals surface area contributed by atoms with Gasteiger partial charge in [0.1, 0.15) is 11.6 Å². The van der Waals surface area contributed by atoms with Crippen LogP contribution >= 0.6 is 0 Å². The molecule has 0 atom stereocenters. The van der Waals surface area contributed by atoms with Gasteiger partial charge in [0.2, 0.25) is 11.7 Å². The number of aryl methyl sites for hydroxylation is 2. The zero-order valence-corrected chi connectivity index (χ0v) is 16.5. The summed E-state index contributed by atoms with van der Waals surface area (Å²) in [5, 5.41) is 10.1. The zero-order valence-electron chi connectivity index (χ0n) is 16.5. The maximum Gasteiger partial charge on any atom is 0.303 e. The highest BCUT2D eigenvalue weighted by molar-refractivity contribution is 5.89. The molecule has 1 amide bonds. The van der Waals surface area contributed by atoms with Crippen LogP contribution in [-0.4, -0.2) is 30.6 Å². The normalized spacial score (nSPS) is 11.4. The maximum atomic E-state index is 13.7. The van der Waals surface area contributed by atoms with E-state index in [1.807, 2.05) is 19.2 Å². The van der Waals surface area contributed by atoms with E-state index in [9.17, 15) is 13.6 Å². The predicted molar refractivity (Wildman–Crippen MR) is 105 cm³/mol. The minimum atomic E-state index is -3.18. The Bertz CT molecular complexity index is 1040. The van der Waals surface area contributed by atoms with Crippen molar-refractivity contribution in [3.8, 4) is 11.3 Å². The lowest BCUT2D eigenvalue weighted by Crippen LogP contribution is -2.14. The molecule has 10 heteroatoms. The molecule has 0 spiro atoms. The van der Waals surface area contributed by atoms with Crippen molar-refractivity contribution in [2.24, 2.45) is 0 Å². The van der Waals surface area contributed by atoms with Crippen molar-refractivity contribution in [3.63, 3.8) is 0 Å². The van der Waals surface area contributed by atoms with E-state index < -0.39 is 11.7 Å². The van der Waals surface area contributed by atoms with Crippen LogP contribution in [0.15, 0.2) is 30.6 Å². The molecular weight excluding hydrogens is 380 g/mol. The van der Waals surface area contributed by atoms with Crippen LogP contribution in [0.5, 0.6) is 0 Å². The van der Waals surface area contributed by atoms with Crippen molar-refractivity contribution in [3.05, 3.63) is 42.1 Å². The van der Waals surface area contributed by atoms with Crippen molar-refractivity contribution in [1.29, 1.82) is 0 Å². The second-order valence-electron chi connectivity index (χ2n) is 6.58. The molecule has 8 nitrogen and oxygen atoms in total. The van der Waals surface area contributed by atoms with E-state index in [1.54, 1.807) is 29.9 Å².